The summed E-state index contributed by atoms with van der Waals surface area (Å²) >= 11 is 0. The number of hydrogen-bond donors (Lipinski definition) is 1. The number of quaternary nitrogens is 1. The summed E-state index contributed by atoms with van der Waals surface area (Å²) in [6, 6.07) is 0. The van der Waals surface area contributed by atoms with Gasteiger partial charge >= 0.3 is 0 Å². The van der Waals surface area contributed by atoms with Crippen molar-refractivity contribution in [2.24, 2.45) is 5.92 Å². The Labute approximate surface area is 63.2 Å². The Morgan fingerprint density at radius 2 is 1.90 bits per heavy atom. The number of carbonyl (C=O) groups excluding carboxylic acids is 1. The second kappa shape index (κ2) is 4.45. The zero-order valence-corrected chi connectivity index (χ0v) is 7.40. The molecule has 0 aliphatic heterocycles. The van der Waals surface area contributed by atoms with Gasteiger partial charge in [0.15, 0.2) is 0 Å². The highest BCUT2D eigenvalue weighted by Gasteiger charge is 2.07. The molecule has 0 aliphatic carbocycles. The first-order chi connectivity index (χ1) is 4.54. The summed E-state index contributed by atoms with van der Waals surface area (Å²) in [7, 11) is 4.13. The predicted octanol–water partition coefficient (Wildman–Crippen LogP) is -0.254. The minimum atomic E-state index is 0.208. The number of ketones is 1. The Morgan fingerprint density at radius 3 is 2.20 bits per heavy atom. The largest absolute Gasteiger partial charge is 0.339 e. The van der Waals surface area contributed by atoms with Crippen LogP contribution in [0.3, 0.4) is 0 Å². The molecule has 0 heterocycles. The first kappa shape index (κ1) is 9.63. The molecular weight excluding hydrogens is 126 g/mol. The summed E-state index contributed by atoms with van der Waals surface area (Å²) in [5, 5.41) is 0. The van der Waals surface area contributed by atoms with E-state index < -0.39 is 0 Å². The molecule has 0 fully saturated rings. The maximum absolute atomic E-state index is 11.0. The number of carbonyl (C=O) groups is 1. The molecule has 0 saturated heterocycles. The molecule has 0 aromatic rings. The third kappa shape index (κ3) is 4.50. The highest BCUT2D eigenvalue weighted by molar-refractivity contribution is 5.80. The molecule has 0 aromatic heterocycles. The van der Waals surface area contributed by atoms with Crippen LogP contribution in [-0.2, 0) is 4.79 Å². The van der Waals surface area contributed by atoms with Crippen molar-refractivity contribution in [3.05, 3.63) is 0 Å². The third-order valence-corrected chi connectivity index (χ3v) is 1.52. The van der Waals surface area contributed by atoms with Gasteiger partial charge in [-0.25, -0.2) is 0 Å². The van der Waals surface area contributed by atoms with Gasteiger partial charge < -0.3 is 4.90 Å². The van der Waals surface area contributed by atoms with Gasteiger partial charge in [0, 0.05) is 5.92 Å². The van der Waals surface area contributed by atoms with Crippen LogP contribution in [0, 0.1) is 5.92 Å². The fourth-order valence-corrected chi connectivity index (χ4v) is 0.662. The number of hydrogen-bond acceptors (Lipinski definition) is 1. The minimum absolute atomic E-state index is 0.208. The van der Waals surface area contributed by atoms with Crippen LogP contribution in [0.25, 0.3) is 0 Å². The summed E-state index contributed by atoms with van der Waals surface area (Å²) in [6.45, 7) is 4.86. The number of nitrogens with one attached hydrogen (secondary N) is 1. The molecule has 0 aliphatic rings. The third-order valence-electron chi connectivity index (χ3n) is 1.52. The first-order valence-electron chi connectivity index (χ1n) is 3.85. The van der Waals surface area contributed by atoms with E-state index in [2.05, 4.69) is 14.1 Å². The maximum Gasteiger partial charge on any atom is 0.141 e. The van der Waals surface area contributed by atoms with E-state index in [0.717, 1.165) is 13.0 Å². The van der Waals surface area contributed by atoms with Gasteiger partial charge in [-0.1, -0.05) is 13.8 Å². The monoisotopic (exact) mass is 144 g/mol. The van der Waals surface area contributed by atoms with E-state index in [1.165, 1.54) is 4.90 Å². The molecular formula is C8H18NO+. The molecule has 0 aromatic carbocycles. The van der Waals surface area contributed by atoms with Crippen LogP contribution in [0.2, 0.25) is 0 Å². The summed E-state index contributed by atoms with van der Waals surface area (Å²) < 4.78 is 0. The van der Waals surface area contributed by atoms with Gasteiger partial charge in [-0.05, 0) is 0 Å². The van der Waals surface area contributed by atoms with Crippen LogP contribution < -0.4 is 4.90 Å². The molecule has 0 bridgehead atoms. The molecule has 0 atom stereocenters. The SMILES string of the molecule is CC(C)C(=O)CC[NH+](C)C. The lowest BCUT2D eigenvalue weighted by molar-refractivity contribution is -0.857. The second-order valence-corrected chi connectivity index (χ2v) is 3.33. The topological polar surface area (TPSA) is 21.5 Å². The summed E-state index contributed by atoms with van der Waals surface area (Å²) in [4.78, 5) is 12.4. The van der Waals surface area contributed by atoms with E-state index in [0.29, 0.717) is 5.78 Å². The van der Waals surface area contributed by atoms with Crippen LogP contribution in [-0.4, -0.2) is 26.4 Å². The van der Waals surface area contributed by atoms with Gasteiger partial charge in [-0.3, -0.25) is 4.79 Å². The summed E-state index contributed by atoms with van der Waals surface area (Å²) in [6.07, 6.45) is 0.722. The Kier molecular flexibility index (Phi) is 4.28. The maximum atomic E-state index is 11.0. The molecule has 0 saturated carbocycles. The number of Topliss-reactive ketones (excluding diaryl/α,β-unsaturated/α-hetero) is 1. The van der Waals surface area contributed by atoms with E-state index in [4.69, 9.17) is 0 Å². The molecule has 1 N–H and O–H groups in total. The highest BCUT2D eigenvalue weighted by atomic mass is 16.1. The molecule has 0 unspecified atom stereocenters. The smallest absolute Gasteiger partial charge is 0.141 e. The zero-order valence-electron chi connectivity index (χ0n) is 7.40. The lowest BCUT2D eigenvalue weighted by Gasteiger charge is -2.07. The van der Waals surface area contributed by atoms with Crippen molar-refractivity contribution >= 4 is 5.78 Å². The second-order valence-electron chi connectivity index (χ2n) is 3.33. The van der Waals surface area contributed by atoms with Gasteiger partial charge in [0.25, 0.3) is 0 Å². The van der Waals surface area contributed by atoms with Crippen molar-refractivity contribution in [3.63, 3.8) is 0 Å². The van der Waals surface area contributed by atoms with E-state index >= 15 is 0 Å². The zero-order chi connectivity index (χ0) is 8.15. The van der Waals surface area contributed by atoms with Gasteiger partial charge in [-0.2, -0.15) is 0 Å². The van der Waals surface area contributed by atoms with Crippen LogP contribution >= 0.6 is 0 Å². The average Bonchev–Trinajstić information content (AvgIpc) is 1.82. The van der Waals surface area contributed by atoms with Gasteiger partial charge in [0.05, 0.1) is 27.1 Å². The van der Waals surface area contributed by atoms with Crippen molar-refractivity contribution in [3.8, 4) is 0 Å². The Morgan fingerprint density at radius 1 is 1.40 bits per heavy atom. The van der Waals surface area contributed by atoms with E-state index in [1.807, 2.05) is 13.8 Å². The Bertz CT molecular complexity index is 108. The Hall–Kier alpha value is -0.370. The predicted molar refractivity (Wildman–Crippen MR) is 42.1 cm³/mol. The fourth-order valence-electron chi connectivity index (χ4n) is 0.662. The van der Waals surface area contributed by atoms with E-state index in [9.17, 15) is 4.79 Å². The normalized spacial score (nSPS) is 11.0. The van der Waals surface area contributed by atoms with Gasteiger partial charge in [0.2, 0.25) is 0 Å². The van der Waals surface area contributed by atoms with Crippen LogP contribution in [0.1, 0.15) is 20.3 Å². The van der Waals surface area contributed by atoms with E-state index in [1.54, 1.807) is 0 Å². The molecule has 0 radical (unpaired) electrons. The van der Waals surface area contributed by atoms with Crippen molar-refractivity contribution in [2.75, 3.05) is 20.6 Å². The van der Waals surface area contributed by atoms with E-state index in [-0.39, 0.29) is 5.92 Å². The highest BCUT2D eigenvalue weighted by Crippen LogP contribution is 1.95. The molecule has 10 heavy (non-hydrogen) atoms. The molecule has 2 nitrogen and oxygen atoms in total. The molecule has 2 heteroatoms. The van der Waals surface area contributed by atoms with Gasteiger partial charge in [0.1, 0.15) is 5.78 Å². The lowest BCUT2D eigenvalue weighted by atomic mass is 10.1. The molecule has 60 valence electrons. The summed E-state index contributed by atoms with van der Waals surface area (Å²) in [5.74, 6) is 0.584. The molecule has 0 amide bonds. The standard InChI is InChI=1S/C8H17NO/c1-7(2)8(10)5-6-9(3)4/h7H,5-6H2,1-4H3/p+1. The lowest BCUT2D eigenvalue weighted by Crippen LogP contribution is -3.05. The van der Waals surface area contributed by atoms with Crippen LogP contribution in [0.4, 0.5) is 0 Å². The van der Waals surface area contributed by atoms with Crippen molar-refractivity contribution in [1.82, 2.24) is 0 Å². The summed E-state index contributed by atoms with van der Waals surface area (Å²) in [5.41, 5.74) is 0. The van der Waals surface area contributed by atoms with Crippen molar-refractivity contribution < 1.29 is 9.69 Å². The van der Waals surface area contributed by atoms with Crippen LogP contribution in [0.5, 0.6) is 0 Å². The van der Waals surface area contributed by atoms with Crippen molar-refractivity contribution in [2.45, 2.75) is 20.3 Å². The average molecular weight is 144 g/mol. The molecule has 0 rings (SSSR count). The molecule has 0 spiro atoms. The van der Waals surface area contributed by atoms with Crippen LogP contribution in [0.15, 0.2) is 0 Å². The quantitative estimate of drug-likeness (QED) is 0.577. The fraction of sp³-hybridized carbons (Fsp3) is 0.875. The first-order valence-corrected chi connectivity index (χ1v) is 3.85. The van der Waals surface area contributed by atoms with Crippen molar-refractivity contribution in [1.29, 1.82) is 0 Å². The minimum Gasteiger partial charge on any atom is -0.339 e. The van der Waals surface area contributed by atoms with Gasteiger partial charge in [-0.15, -0.1) is 0 Å². The number of rotatable bonds is 4. The Balaban J connectivity index is 3.40.